The first-order valence-corrected chi connectivity index (χ1v) is 16.9. The zero-order valence-corrected chi connectivity index (χ0v) is 28.2. The number of benzene rings is 1. The molecule has 1 aromatic carbocycles. The summed E-state index contributed by atoms with van der Waals surface area (Å²) in [4.78, 5) is 24.5. The molecule has 2 aliphatic heterocycles. The van der Waals surface area contributed by atoms with Gasteiger partial charge >= 0.3 is 6.01 Å². The Labute approximate surface area is 281 Å². The molecular formula is C34H38F2N8O3S. The first-order valence-electron chi connectivity index (χ1n) is 16.1. The highest BCUT2D eigenvalue weighted by Gasteiger charge is 2.43. The number of ether oxygens (including phenoxy) is 3. The van der Waals surface area contributed by atoms with Gasteiger partial charge in [0.05, 0.1) is 47.5 Å². The van der Waals surface area contributed by atoms with Crippen molar-refractivity contribution in [3.05, 3.63) is 35.5 Å². The molecule has 0 atom stereocenters. The van der Waals surface area contributed by atoms with Gasteiger partial charge in [0, 0.05) is 55.9 Å². The van der Waals surface area contributed by atoms with Crippen LogP contribution in [0.25, 0.3) is 32.2 Å². The third-order valence-electron chi connectivity index (χ3n) is 10.0. The number of rotatable bonds is 11. The minimum Gasteiger partial charge on any atom is -0.463 e. The summed E-state index contributed by atoms with van der Waals surface area (Å²) in [5.41, 5.74) is 0.0780. The van der Waals surface area contributed by atoms with Gasteiger partial charge in [-0.15, -0.1) is 11.3 Å². The summed E-state index contributed by atoms with van der Waals surface area (Å²) in [5, 5.41) is 10.9. The van der Waals surface area contributed by atoms with E-state index >= 15 is 4.39 Å². The van der Waals surface area contributed by atoms with Crippen LogP contribution in [0.5, 0.6) is 6.01 Å². The Kier molecular flexibility index (Phi) is 8.76. The van der Waals surface area contributed by atoms with Crippen LogP contribution >= 0.6 is 11.3 Å². The molecule has 252 valence electrons. The zero-order valence-electron chi connectivity index (χ0n) is 27.4. The summed E-state index contributed by atoms with van der Waals surface area (Å²) in [6, 6.07) is 4.83. The van der Waals surface area contributed by atoms with Gasteiger partial charge in [0.25, 0.3) is 0 Å². The first-order chi connectivity index (χ1) is 23.2. The number of morpholine rings is 1. The molecule has 4 aromatic rings. The number of aromatic nitrogens is 3. The van der Waals surface area contributed by atoms with E-state index < -0.39 is 11.6 Å². The van der Waals surface area contributed by atoms with E-state index in [1.807, 2.05) is 11.9 Å². The number of nitrogens with zero attached hydrogens (tertiary/aromatic N) is 8. The Morgan fingerprint density at radius 1 is 1.15 bits per heavy atom. The van der Waals surface area contributed by atoms with Gasteiger partial charge in [-0.05, 0) is 52.2 Å². The Balaban J connectivity index is 1.31. The molecule has 14 heteroatoms. The van der Waals surface area contributed by atoms with Gasteiger partial charge in [-0.3, -0.25) is 14.9 Å². The summed E-state index contributed by atoms with van der Waals surface area (Å²) >= 11 is 0.992. The summed E-state index contributed by atoms with van der Waals surface area (Å²) < 4.78 is 49.5. The third-order valence-corrected chi connectivity index (χ3v) is 11.2. The molecule has 0 bridgehead atoms. The van der Waals surface area contributed by atoms with Crippen molar-refractivity contribution in [3.8, 4) is 23.3 Å². The van der Waals surface area contributed by atoms with Crippen molar-refractivity contribution >= 4 is 49.9 Å². The minimum absolute atomic E-state index is 0.0275. The van der Waals surface area contributed by atoms with E-state index in [2.05, 4.69) is 51.6 Å². The number of hydrogen-bond donors (Lipinski definition) is 0. The molecule has 3 aromatic heterocycles. The smallest absolute Gasteiger partial charge is 0.319 e. The average molecular weight is 677 g/mol. The molecule has 1 saturated carbocycles. The summed E-state index contributed by atoms with van der Waals surface area (Å²) in [6.07, 6.45) is 4.77. The van der Waals surface area contributed by atoms with Crippen LogP contribution in [0, 0.1) is 28.4 Å². The molecule has 48 heavy (non-hydrogen) atoms. The fourth-order valence-corrected chi connectivity index (χ4v) is 8.03. The van der Waals surface area contributed by atoms with E-state index in [9.17, 15) is 9.65 Å². The van der Waals surface area contributed by atoms with Gasteiger partial charge in [-0.25, -0.2) is 8.78 Å². The van der Waals surface area contributed by atoms with Crippen molar-refractivity contribution in [1.29, 1.82) is 5.26 Å². The molecule has 11 nitrogen and oxygen atoms in total. The molecule has 0 unspecified atom stereocenters. The Morgan fingerprint density at radius 3 is 2.54 bits per heavy atom. The predicted octanol–water partition coefficient (Wildman–Crippen LogP) is 5.04. The van der Waals surface area contributed by atoms with Crippen molar-refractivity contribution in [2.24, 2.45) is 10.4 Å². The van der Waals surface area contributed by atoms with Crippen LogP contribution in [0.15, 0.2) is 23.3 Å². The van der Waals surface area contributed by atoms with Crippen molar-refractivity contribution in [2.45, 2.75) is 24.8 Å². The second-order valence-corrected chi connectivity index (χ2v) is 14.4. The Morgan fingerprint density at radius 2 is 1.92 bits per heavy atom. The number of halogens is 2. The Hall–Kier alpha value is -3.87. The minimum atomic E-state index is -0.716. The maximum absolute atomic E-state index is 16.9. The van der Waals surface area contributed by atoms with E-state index in [4.69, 9.17) is 19.2 Å². The van der Waals surface area contributed by atoms with E-state index in [0.29, 0.717) is 50.8 Å². The highest BCUT2D eigenvalue weighted by atomic mass is 32.1. The Bertz CT molecular complexity index is 1910. The number of thiophene rings is 1. The molecule has 1 aliphatic carbocycles. The van der Waals surface area contributed by atoms with Crippen LogP contribution in [-0.2, 0) is 9.47 Å². The standard InChI is InChI=1S/C34H38F2N8O3S/c1-38-31-22(14-37)25-21(6-7-24(35)29(25)48-31)27-26(36)28-23(15-39-27)30(43(4)17-34(42(2)3)8-5-9-34)41-32(40-28)47-20-33(18-46-19-33)16-44-10-12-45-13-11-44/h6-7,15H,1,5,8-13,16-20H2,2-4H3. The molecule has 7 rings (SSSR count). The molecule has 2 saturated heterocycles. The summed E-state index contributed by atoms with van der Waals surface area (Å²) in [5.74, 6) is -0.750. The van der Waals surface area contributed by atoms with Crippen molar-refractivity contribution in [1.82, 2.24) is 24.8 Å². The van der Waals surface area contributed by atoms with Crippen LogP contribution < -0.4 is 9.64 Å². The molecule has 3 aliphatic rings. The quantitative estimate of drug-likeness (QED) is 0.201. The van der Waals surface area contributed by atoms with E-state index in [1.165, 1.54) is 12.1 Å². The van der Waals surface area contributed by atoms with Crippen LogP contribution in [0.1, 0.15) is 24.8 Å². The number of aliphatic imine (C=N–C) groups is 1. The maximum atomic E-state index is 16.9. The van der Waals surface area contributed by atoms with Crippen molar-refractivity contribution in [3.63, 3.8) is 0 Å². The monoisotopic (exact) mass is 676 g/mol. The summed E-state index contributed by atoms with van der Waals surface area (Å²) in [6.45, 7) is 9.44. The topological polar surface area (TPSA) is 112 Å². The lowest BCUT2D eigenvalue weighted by Crippen LogP contribution is -2.57. The van der Waals surface area contributed by atoms with Crippen molar-refractivity contribution in [2.75, 3.05) is 85.3 Å². The van der Waals surface area contributed by atoms with Crippen LogP contribution in [0.3, 0.4) is 0 Å². The molecule has 0 radical (unpaired) electrons. The van der Waals surface area contributed by atoms with E-state index in [-0.39, 0.29) is 54.4 Å². The van der Waals surface area contributed by atoms with E-state index in [0.717, 1.165) is 50.2 Å². The van der Waals surface area contributed by atoms with Gasteiger partial charge in [0.2, 0.25) is 0 Å². The lowest BCUT2D eigenvalue weighted by Gasteiger charge is -2.49. The molecule has 0 spiro atoms. The van der Waals surface area contributed by atoms with Crippen LogP contribution in [0.4, 0.5) is 19.6 Å². The predicted molar refractivity (Wildman–Crippen MR) is 182 cm³/mol. The molecule has 0 amide bonds. The fourth-order valence-electron chi connectivity index (χ4n) is 7.05. The fraction of sp³-hybridized carbons (Fsp3) is 0.500. The lowest BCUT2D eigenvalue weighted by atomic mass is 9.75. The number of likely N-dealkylation sites (N-methyl/N-ethyl adjacent to an activating group) is 2. The molecular weight excluding hydrogens is 638 g/mol. The maximum Gasteiger partial charge on any atom is 0.319 e. The van der Waals surface area contributed by atoms with Gasteiger partial charge in [-0.1, -0.05) is 0 Å². The second kappa shape index (κ2) is 12.9. The number of anilines is 1. The number of nitriles is 1. The largest absolute Gasteiger partial charge is 0.463 e. The number of hydrogen-bond acceptors (Lipinski definition) is 12. The average Bonchev–Trinajstić information content (AvgIpc) is 3.44. The molecule has 3 fully saturated rings. The second-order valence-electron chi connectivity index (χ2n) is 13.4. The highest BCUT2D eigenvalue weighted by molar-refractivity contribution is 7.23. The van der Waals surface area contributed by atoms with Gasteiger partial charge in [-0.2, -0.15) is 15.2 Å². The van der Waals surface area contributed by atoms with E-state index in [1.54, 1.807) is 6.20 Å². The first kappa shape index (κ1) is 32.7. The van der Waals surface area contributed by atoms with Gasteiger partial charge < -0.3 is 24.0 Å². The zero-order chi connectivity index (χ0) is 33.6. The normalized spacial score (nSPS) is 18.8. The SMILES string of the molecule is C=Nc1sc2c(F)ccc(-c3ncc4c(N(C)CC5(N(C)C)CCC5)nc(OCC5(CN6CCOCC6)COC5)nc4c3F)c2c1C#N. The van der Waals surface area contributed by atoms with Gasteiger partial charge in [0.1, 0.15) is 40.5 Å². The number of fused-ring (bicyclic) bond motifs is 2. The van der Waals surface area contributed by atoms with Crippen molar-refractivity contribution < 1.29 is 23.0 Å². The number of pyridine rings is 1. The summed E-state index contributed by atoms with van der Waals surface area (Å²) in [7, 11) is 6.11. The lowest BCUT2D eigenvalue weighted by molar-refractivity contribution is -0.150. The van der Waals surface area contributed by atoms with Gasteiger partial charge in [0.15, 0.2) is 5.82 Å². The molecule has 0 N–H and O–H groups in total. The molecule has 5 heterocycles. The van der Waals surface area contributed by atoms with Crippen LogP contribution in [0.2, 0.25) is 0 Å². The van der Waals surface area contributed by atoms with Crippen LogP contribution in [-0.4, -0.2) is 117 Å². The highest BCUT2D eigenvalue weighted by Crippen LogP contribution is 2.45. The third kappa shape index (κ3) is 5.67.